The molecule has 21 heavy (non-hydrogen) atoms. The highest BCUT2D eigenvalue weighted by molar-refractivity contribution is 5.41. The van der Waals surface area contributed by atoms with E-state index >= 15 is 0 Å². The maximum Gasteiger partial charge on any atom is 0.122 e. The molecule has 4 heteroatoms. The Balaban J connectivity index is 2.14. The number of benzene rings is 1. The molecule has 0 bridgehead atoms. The second-order valence-corrected chi connectivity index (χ2v) is 5.56. The van der Waals surface area contributed by atoms with Crippen molar-refractivity contribution in [2.45, 2.75) is 50.6 Å². The van der Waals surface area contributed by atoms with Crippen LogP contribution in [0.3, 0.4) is 0 Å². The maximum absolute atomic E-state index is 9.51. The molecule has 2 rings (SSSR count). The molecule has 0 spiro atoms. The standard InChI is InChI=1S/C17H24N2O2/c1-20-15-9-13(10-16(11-15)21-2)17(12-18)19-14-7-5-3-4-6-8-14/h9-11,14,17,19H,3-8H2,1-2H3. The van der Waals surface area contributed by atoms with Gasteiger partial charge in [-0.05, 0) is 30.5 Å². The monoisotopic (exact) mass is 288 g/mol. The third-order valence-corrected chi connectivity index (χ3v) is 4.09. The van der Waals surface area contributed by atoms with E-state index in [1.807, 2.05) is 18.2 Å². The van der Waals surface area contributed by atoms with Crippen LogP contribution in [0.1, 0.15) is 50.1 Å². The lowest BCUT2D eigenvalue weighted by molar-refractivity contribution is 0.390. The zero-order chi connectivity index (χ0) is 15.1. The fraction of sp³-hybridized carbons (Fsp3) is 0.588. The van der Waals surface area contributed by atoms with Crippen LogP contribution in [-0.2, 0) is 0 Å². The summed E-state index contributed by atoms with van der Waals surface area (Å²) in [7, 11) is 3.25. The Hall–Kier alpha value is -1.73. The minimum absolute atomic E-state index is 0.322. The summed E-state index contributed by atoms with van der Waals surface area (Å²) in [5.74, 6) is 1.43. The first-order valence-electron chi connectivity index (χ1n) is 7.65. The molecule has 1 aromatic rings. The van der Waals surface area contributed by atoms with Crippen molar-refractivity contribution in [2.75, 3.05) is 14.2 Å². The Morgan fingerprint density at radius 1 is 1.05 bits per heavy atom. The van der Waals surface area contributed by atoms with Gasteiger partial charge in [-0.3, -0.25) is 5.32 Å². The van der Waals surface area contributed by atoms with Crippen LogP contribution in [0.25, 0.3) is 0 Å². The van der Waals surface area contributed by atoms with Crippen molar-refractivity contribution in [3.05, 3.63) is 23.8 Å². The van der Waals surface area contributed by atoms with Crippen LogP contribution in [0.4, 0.5) is 0 Å². The Bertz CT molecular complexity index is 466. The van der Waals surface area contributed by atoms with E-state index in [4.69, 9.17) is 9.47 Å². The lowest BCUT2D eigenvalue weighted by Gasteiger charge is -2.21. The van der Waals surface area contributed by atoms with Crippen LogP contribution in [0.15, 0.2) is 18.2 Å². The van der Waals surface area contributed by atoms with Gasteiger partial charge in [0, 0.05) is 12.1 Å². The summed E-state index contributed by atoms with van der Waals surface area (Å²) >= 11 is 0. The molecule has 0 aromatic heterocycles. The molecule has 1 atom stereocenters. The molecule has 0 radical (unpaired) electrons. The van der Waals surface area contributed by atoms with E-state index in [9.17, 15) is 5.26 Å². The first-order chi connectivity index (χ1) is 10.3. The number of hydrogen-bond acceptors (Lipinski definition) is 4. The average molecular weight is 288 g/mol. The summed E-state index contributed by atoms with van der Waals surface area (Å²) < 4.78 is 10.6. The maximum atomic E-state index is 9.51. The summed E-state index contributed by atoms with van der Waals surface area (Å²) in [6, 6.07) is 8.10. The van der Waals surface area contributed by atoms with Crippen molar-refractivity contribution in [1.82, 2.24) is 5.32 Å². The molecule has 0 saturated heterocycles. The van der Waals surface area contributed by atoms with Crippen LogP contribution in [0, 0.1) is 11.3 Å². The van der Waals surface area contributed by atoms with Gasteiger partial charge in [0.25, 0.3) is 0 Å². The molecule has 1 aliphatic carbocycles. The fourth-order valence-corrected chi connectivity index (χ4v) is 2.89. The van der Waals surface area contributed by atoms with Crippen LogP contribution >= 0.6 is 0 Å². The normalized spacial score (nSPS) is 17.6. The molecule has 4 nitrogen and oxygen atoms in total. The largest absolute Gasteiger partial charge is 0.497 e. The van der Waals surface area contributed by atoms with Crippen molar-refractivity contribution in [3.8, 4) is 17.6 Å². The minimum atomic E-state index is -0.322. The van der Waals surface area contributed by atoms with Crippen LogP contribution in [0.2, 0.25) is 0 Å². The van der Waals surface area contributed by atoms with Crippen LogP contribution < -0.4 is 14.8 Å². The van der Waals surface area contributed by atoms with E-state index in [2.05, 4.69) is 11.4 Å². The minimum Gasteiger partial charge on any atom is -0.497 e. The second-order valence-electron chi connectivity index (χ2n) is 5.56. The number of nitrogens with zero attached hydrogens (tertiary/aromatic N) is 1. The topological polar surface area (TPSA) is 54.3 Å². The van der Waals surface area contributed by atoms with Gasteiger partial charge in [-0.2, -0.15) is 5.26 Å². The highest BCUT2D eigenvalue weighted by Gasteiger charge is 2.19. The van der Waals surface area contributed by atoms with Crippen molar-refractivity contribution >= 4 is 0 Å². The van der Waals surface area contributed by atoms with Crippen LogP contribution in [-0.4, -0.2) is 20.3 Å². The lowest BCUT2D eigenvalue weighted by atomic mass is 10.0. The first-order valence-corrected chi connectivity index (χ1v) is 7.65. The third-order valence-electron chi connectivity index (χ3n) is 4.09. The van der Waals surface area contributed by atoms with Gasteiger partial charge >= 0.3 is 0 Å². The van der Waals surface area contributed by atoms with Gasteiger partial charge in [0.05, 0.1) is 20.3 Å². The molecule has 1 aliphatic rings. The quantitative estimate of drug-likeness (QED) is 0.841. The highest BCUT2D eigenvalue weighted by atomic mass is 16.5. The van der Waals surface area contributed by atoms with E-state index in [0.29, 0.717) is 17.5 Å². The number of methoxy groups -OCH3 is 2. The number of nitrogens with one attached hydrogen (secondary N) is 1. The van der Waals surface area contributed by atoms with Gasteiger partial charge in [0.1, 0.15) is 17.5 Å². The molecular formula is C17H24N2O2. The van der Waals surface area contributed by atoms with E-state index in [1.54, 1.807) is 14.2 Å². The average Bonchev–Trinajstić information content (AvgIpc) is 2.80. The summed E-state index contributed by atoms with van der Waals surface area (Å²) in [5.41, 5.74) is 0.901. The van der Waals surface area contributed by atoms with Gasteiger partial charge in [-0.25, -0.2) is 0 Å². The van der Waals surface area contributed by atoms with Crippen molar-refractivity contribution < 1.29 is 9.47 Å². The van der Waals surface area contributed by atoms with Crippen molar-refractivity contribution in [2.24, 2.45) is 0 Å². The second kappa shape index (κ2) is 7.90. The highest BCUT2D eigenvalue weighted by Crippen LogP contribution is 2.27. The Kier molecular flexibility index (Phi) is 5.89. The molecule has 0 amide bonds. The van der Waals surface area contributed by atoms with Gasteiger partial charge in [0.2, 0.25) is 0 Å². The third kappa shape index (κ3) is 4.37. The predicted octanol–water partition coefficient (Wildman–Crippen LogP) is 3.58. The zero-order valence-electron chi connectivity index (χ0n) is 12.9. The molecular weight excluding hydrogens is 264 g/mol. The molecule has 1 N–H and O–H groups in total. The summed E-state index contributed by atoms with van der Waals surface area (Å²) in [6.07, 6.45) is 7.41. The van der Waals surface area contributed by atoms with E-state index in [1.165, 1.54) is 25.7 Å². The summed E-state index contributed by atoms with van der Waals surface area (Å²) in [4.78, 5) is 0. The lowest BCUT2D eigenvalue weighted by Crippen LogP contribution is -2.31. The van der Waals surface area contributed by atoms with E-state index in [-0.39, 0.29) is 6.04 Å². The van der Waals surface area contributed by atoms with E-state index in [0.717, 1.165) is 18.4 Å². The Morgan fingerprint density at radius 3 is 2.10 bits per heavy atom. The smallest absolute Gasteiger partial charge is 0.122 e. The number of hydrogen-bond donors (Lipinski definition) is 1. The van der Waals surface area contributed by atoms with Crippen molar-refractivity contribution in [1.29, 1.82) is 5.26 Å². The molecule has 1 unspecified atom stereocenters. The van der Waals surface area contributed by atoms with Crippen molar-refractivity contribution in [3.63, 3.8) is 0 Å². The van der Waals surface area contributed by atoms with Crippen LogP contribution in [0.5, 0.6) is 11.5 Å². The van der Waals surface area contributed by atoms with Gasteiger partial charge in [-0.1, -0.05) is 25.7 Å². The fourth-order valence-electron chi connectivity index (χ4n) is 2.89. The molecule has 1 fully saturated rings. The summed E-state index contributed by atoms with van der Waals surface area (Å²) in [5, 5.41) is 13.0. The Labute approximate surface area is 127 Å². The number of ether oxygens (including phenoxy) is 2. The molecule has 1 saturated carbocycles. The van der Waals surface area contributed by atoms with Gasteiger partial charge < -0.3 is 9.47 Å². The Morgan fingerprint density at radius 2 is 1.62 bits per heavy atom. The number of rotatable bonds is 5. The molecule has 1 aromatic carbocycles. The molecule has 0 heterocycles. The molecule has 0 aliphatic heterocycles. The first kappa shape index (κ1) is 15.7. The predicted molar refractivity (Wildman–Crippen MR) is 82.5 cm³/mol. The summed E-state index contributed by atoms with van der Waals surface area (Å²) in [6.45, 7) is 0. The van der Waals surface area contributed by atoms with Gasteiger partial charge in [-0.15, -0.1) is 0 Å². The van der Waals surface area contributed by atoms with Gasteiger partial charge in [0.15, 0.2) is 0 Å². The molecule has 114 valence electrons. The SMILES string of the molecule is COc1cc(OC)cc(C(C#N)NC2CCCCCC2)c1. The van der Waals surface area contributed by atoms with E-state index < -0.39 is 0 Å². The number of nitriles is 1. The zero-order valence-corrected chi connectivity index (χ0v) is 12.9.